The van der Waals surface area contributed by atoms with Crippen LogP contribution in [0.5, 0.6) is 5.75 Å². The van der Waals surface area contributed by atoms with Crippen molar-refractivity contribution in [3.8, 4) is 5.75 Å². The van der Waals surface area contributed by atoms with Crippen molar-refractivity contribution < 1.29 is 9.90 Å². The zero-order valence-electron chi connectivity index (χ0n) is 11.0. The maximum atomic E-state index is 12.0. The molecule has 1 amide bonds. The molecular weight excluding hydrogens is 294 g/mol. The molecule has 2 N–H and O–H groups in total. The normalized spacial score (nSPS) is 14.0. The lowest BCUT2D eigenvalue weighted by Crippen LogP contribution is -2.33. The Morgan fingerprint density at radius 2 is 2.11 bits per heavy atom. The highest BCUT2D eigenvalue weighted by molar-refractivity contribution is 9.10. The van der Waals surface area contributed by atoms with Gasteiger partial charge < -0.3 is 10.4 Å². The highest BCUT2D eigenvalue weighted by Crippen LogP contribution is 2.24. The summed E-state index contributed by atoms with van der Waals surface area (Å²) in [5.41, 5.74) is 0.478. The highest BCUT2D eigenvalue weighted by Gasteiger charge is 2.13. The molecule has 0 saturated carbocycles. The summed E-state index contributed by atoms with van der Waals surface area (Å²) in [6, 6.07) is 4.96. The molecule has 100 valence electrons. The summed E-state index contributed by atoms with van der Waals surface area (Å²) in [7, 11) is 0. The molecule has 0 heterocycles. The van der Waals surface area contributed by atoms with Gasteiger partial charge in [0.1, 0.15) is 5.75 Å². The lowest BCUT2D eigenvalue weighted by atomic mass is 10.00. The number of hydrogen-bond donors (Lipinski definition) is 2. The number of phenols is 1. The van der Waals surface area contributed by atoms with Gasteiger partial charge in [0.2, 0.25) is 0 Å². The predicted molar refractivity (Wildman–Crippen MR) is 76.8 cm³/mol. The number of aromatic hydroxyl groups is 1. The molecule has 2 atom stereocenters. The number of nitrogens with one attached hydrogen (secondary N) is 1. The topological polar surface area (TPSA) is 49.3 Å². The molecule has 0 radical (unpaired) electrons. The Labute approximate surface area is 117 Å². The molecule has 18 heavy (non-hydrogen) atoms. The van der Waals surface area contributed by atoms with Gasteiger partial charge in [0.25, 0.3) is 5.91 Å². The standard InChI is InChI=1S/C14H20BrNO2/c1-4-9(2)7-10(3)16-14(18)11-5-6-12(15)13(17)8-11/h5-6,8-10,17H,4,7H2,1-3H3,(H,16,18). The van der Waals surface area contributed by atoms with E-state index in [-0.39, 0.29) is 17.7 Å². The number of rotatable bonds is 5. The average molecular weight is 314 g/mol. The molecule has 0 aliphatic rings. The third-order valence-corrected chi connectivity index (χ3v) is 3.71. The lowest BCUT2D eigenvalue weighted by Gasteiger charge is -2.17. The number of amides is 1. The van der Waals surface area contributed by atoms with E-state index >= 15 is 0 Å². The molecule has 0 aliphatic heterocycles. The summed E-state index contributed by atoms with van der Waals surface area (Å²) in [6.07, 6.45) is 2.07. The number of phenolic OH excluding ortho intramolecular Hbond substituents is 1. The quantitative estimate of drug-likeness (QED) is 0.870. The number of benzene rings is 1. The fraction of sp³-hybridized carbons (Fsp3) is 0.500. The fourth-order valence-corrected chi connectivity index (χ4v) is 2.04. The van der Waals surface area contributed by atoms with Crippen molar-refractivity contribution in [1.29, 1.82) is 0 Å². The van der Waals surface area contributed by atoms with Crippen LogP contribution in [0.15, 0.2) is 22.7 Å². The van der Waals surface area contributed by atoms with E-state index in [4.69, 9.17) is 0 Å². The zero-order chi connectivity index (χ0) is 13.7. The van der Waals surface area contributed by atoms with Crippen LogP contribution >= 0.6 is 15.9 Å². The average Bonchev–Trinajstić information content (AvgIpc) is 2.32. The van der Waals surface area contributed by atoms with Gasteiger partial charge in [0.15, 0.2) is 0 Å². The lowest BCUT2D eigenvalue weighted by molar-refractivity contribution is 0.0935. The molecule has 0 aromatic heterocycles. The van der Waals surface area contributed by atoms with Crippen LogP contribution in [-0.2, 0) is 0 Å². The first-order valence-electron chi connectivity index (χ1n) is 6.23. The predicted octanol–water partition coefficient (Wildman–Crippen LogP) is 3.71. The van der Waals surface area contributed by atoms with Crippen molar-refractivity contribution >= 4 is 21.8 Å². The SMILES string of the molecule is CCC(C)CC(C)NC(=O)c1ccc(Br)c(O)c1. The molecule has 0 aliphatic carbocycles. The van der Waals surface area contributed by atoms with Gasteiger partial charge in [0.05, 0.1) is 4.47 Å². The first kappa shape index (κ1) is 15.0. The number of halogens is 1. The van der Waals surface area contributed by atoms with Gasteiger partial charge in [-0.2, -0.15) is 0 Å². The van der Waals surface area contributed by atoms with Crippen LogP contribution in [0.1, 0.15) is 44.0 Å². The van der Waals surface area contributed by atoms with Gasteiger partial charge >= 0.3 is 0 Å². The van der Waals surface area contributed by atoms with E-state index in [1.165, 1.54) is 6.07 Å². The first-order chi connectivity index (χ1) is 8.43. The molecule has 1 rings (SSSR count). The zero-order valence-corrected chi connectivity index (χ0v) is 12.6. The van der Waals surface area contributed by atoms with E-state index in [1.54, 1.807) is 12.1 Å². The Balaban J connectivity index is 2.62. The maximum absolute atomic E-state index is 12.0. The molecule has 0 bridgehead atoms. The molecule has 0 spiro atoms. The minimum absolute atomic E-state index is 0.0808. The van der Waals surface area contributed by atoms with Crippen molar-refractivity contribution in [2.75, 3.05) is 0 Å². The smallest absolute Gasteiger partial charge is 0.251 e. The molecule has 4 heteroatoms. The molecule has 1 aromatic carbocycles. The van der Waals surface area contributed by atoms with Crippen molar-refractivity contribution in [2.45, 2.75) is 39.7 Å². The van der Waals surface area contributed by atoms with Crippen LogP contribution in [0, 0.1) is 5.92 Å². The summed E-state index contributed by atoms with van der Waals surface area (Å²) in [6.45, 7) is 6.32. The summed E-state index contributed by atoms with van der Waals surface area (Å²) < 4.78 is 0.590. The van der Waals surface area contributed by atoms with Crippen molar-refractivity contribution in [3.63, 3.8) is 0 Å². The third kappa shape index (κ3) is 4.33. The van der Waals surface area contributed by atoms with Gasteiger partial charge in [-0.05, 0) is 53.4 Å². The summed E-state index contributed by atoms with van der Waals surface area (Å²) in [5, 5.41) is 12.5. The van der Waals surface area contributed by atoms with Gasteiger partial charge in [-0.15, -0.1) is 0 Å². The van der Waals surface area contributed by atoms with Crippen LogP contribution in [0.3, 0.4) is 0 Å². The van der Waals surface area contributed by atoms with E-state index in [1.807, 2.05) is 6.92 Å². The van der Waals surface area contributed by atoms with E-state index in [0.717, 1.165) is 12.8 Å². The van der Waals surface area contributed by atoms with E-state index in [0.29, 0.717) is 16.0 Å². The van der Waals surface area contributed by atoms with Gasteiger partial charge in [-0.3, -0.25) is 4.79 Å². The van der Waals surface area contributed by atoms with Crippen molar-refractivity contribution in [1.82, 2.24) is 5.32 Å². The number of hydrogen-bond acceptors (Lipinski definition) is 2. The molecular formula is C14H20BrNO2. The summed E-state index contributed by atoms with van der Waals surface area (Å²) in [5.74, 6) is 0.532. The Hall–Kier alpha value is -1.03. The van der Waals surface area contributed by atoms with Crippen LogP contribution in [0.4, 0.5) is 0 Å². The Morgan fingerprint density at radius 3 is 2.67 bits per heavy atom. The Morgan fingerprint density at radius 1 is 1.44 bits per heavy atom. The van der Waals surface area contributed by atoms with E-state index < -0.39 is 0 Å². The molecule has 2 unspecified atom stereocenters. The van der Waals surface area contributed by atoms with Gasteiger partial charge in [-0.1, -0.05) is 20.3 Å². The first-order valence-corrected chi connectivity index (χ1v) is 7.02. The van der Waals surface area contributed by atoms with Gasteiger partial charge in [0, 0.05) is 11.6 Å². The largest absolute Gasteiger partial charge is 0.507 e. The third-order valence-electron chi connectivity index (χ3n) is 3.04. The van der Waals surface area contributed by atoms with Crippen LogP contribution < -0.4 is 5.32 Å². The number of carbonyl (C=O) groups is 1. The second-order valence-corrected chi connectivity index (χ2v) is 5.64. The second kappa shape index (κ2) is 6.78. The Bertz CT molecular complexity index is 420. The van der Waals surface area contributed by atoms with Crippen molar-refractivity contribution in [3.05, 3.63) is 28.2 Å². The fourth-order valence-electron chi connectivity index (χ4n) is 1.79. The minimum Gasteiger partial charge on any atom is -0.507 e. The highest BCUT2D eigenvalue weighted by atomic mass is 79.9. The van der Waals surface area contributed by atoms with Crippen LogP contribution in [0.2, 0.25) is 0 Å². The maximum Gasteiger partial charge on any atom is 0.251 e. The van der Waals surface area contributed by atoms with Crippen molar-refractivity contribution in [2.24, 2.45) is 5.92 Å². The minimum atomic E-state index is -0.145. The second-order valence-electron chi connectivity index (χ2n) is 4.79. The monoisotopic (exact) mass is 313 g/mol. The summed E-state index contributed by atoms with van der Waals surface area (Å²) >= 11 is 3.19. The van der Waals surface area contributed by atoms with Crippen LogP contribution in [-0.4, -0.2) is 17.1 Å². The number of carbonyl (C=O) groups excluding carboxylic acids is 1. The Kier molecular flexibility index (Phi) is 5.66. The van der Waals surface area contributed by atoms with E-state index in [2.05, 4.69) is 35.1 Å². The summed E-state index contributed by atoms with van der Waals surface area (Å²) in [4.78, 5) is 12.0. The molecule has 1 aromatic rings. The van der Waals surface area contributed by atoms with Gasteiger partial charge in [-0.25, -0.2) is 0 Å². The molecule has 3 nitrogen and oxygen atoms in total. The molecule has 0 saturated heterocycles. The van der Waals surface area contributed by atoms with Crippen LogP contribution in [0.25, 0.3) is 0 Å². The van der Waals surface area contributed by atoms with E-state index in [9.17, 15) is 9.90 Å². The molecule has 0 fully saturated rings.